The van der Waals surface area contributed by atoms with E-state index in [1.807, 2.05) is 6.92 Å². The summed E-state index contributed by atoms with van der Waals surface area (Å²) in [6.07, 6.45) is -0.540. The molecule has 0 saturated heterocycles. The smallest absolute Gasteiger partial charge is 0.329 e. The van der Waals surface area contributed by atoms with Crippen LogP contribution in [-0.4, -0.2) is 39.9 Å². The number of aromatic nitrogens is 2. The average Bonchev–Trinajstić information content (AvgIpc) is 3.00. The first-order chi connectivity index (χ1) is 11.3. The zero-order chi connectivity index (χ0) is 17.7. The van der Waals surface area contributed by atoms with Gasteiger partial charge in [0.05, 0.1) is 17.4 Å². The Morgan fingerprint density at radius 2 is 1.96 bits per heavy atom. The summed E-state index contributed by atoms with van der Waals surface area (Å²) in [5.74, 6) is -0.680. The quantitative estimate of drug-likeness (QED) is 0.770. The molecule has 130 valence electrons. The van der Waals surface area contributed by atoms with E-state index in [2.05, 4.69) is 5.10 Å². The first-order valence-electron chi connectivity index (χ1n) is 7.47. The molecule has 0 unspecified atom stereocenters. The molecule has 1 aromatic heterocycles. The lowest BCUT2D eigenvalue weighted by Crippen LogP contribution is -2.39. The highest BCUT2D eigenvalue weighted by atomic mass is 35.5. The molecule has 1 aromatic carbocycles. The molecular weight excluding hydrogens is 343 g/mol. The molecule has 0 saturated carbocycles. The molecule has 0 aliphatic carbocycles. The van der Waals surface area contributed by atoms with Gasteiger partial charge in [-0.25, -0.2) is 4.68 Å². The van der Waals surface area contributed by atoms with E-state index >= 15 is 0 Å². The van der Waals surface area contributed by atoms with Crippen LogP contribution in [0.25, 0.3) is 5.69 Å². The molecule has 1 amide bonds. The fourth-order valence-corrected chi connectivity index (χ4v) is 2.29. The number of unbranched alkanes of at least 4 members (excludes halogenated alkanes) is 1. The number of amides is 1. The zero-order valence-corrected chi connectivity index (χ0v) is 13.8. The molecule has 0 aliphatic rings. The third-order valence-corrected chi connectivity index (χ3v) is 3.61. The van der Waals surface area contributed by atoms with Gasteiger partial charge in [-0.3, -0.25) is 4.79 Å². The summed E-state index contributed by atoms with van der Waals surface area (Å²) >= 11 is 5.81. The van der Waals surface area contributed by atoms with Crippen LogP contribution in [0.5, 0.6) is 0 Å². The maximum Gasteiger partial charge on any atom is 0.406 e. The summed E-state index contributed by atoms with van der Waals surface area (Å²) in [5.41, 5.74) is 0.777. The third kappa shape index (κ3) is 4.99. The predicted octanol–water partition coefficient (Wildman–Crippen LogP) is 4.33. The second-order valence-corrected chi connectivity index (χ2v) is 5.78. The van der Waals surface area contributed by atoms with Gasteiger partial charge in [-0.05, 0) is 30.7 Å². The Bertz CT molecular complexity index is 683. The van der Waals surface area contributed by atoms with Crippen molar-refractivity contribution in [1.82, 2.24) is 14.7 Å². The van der Waals surface area contributed by atoms with Crippen molar-refractivity contribution in [3.63, 3.8) is 0 Å². The first kappa shape index (κ1) is 18.3. The summed E-state index contributed by atoms with van der Waals surface area (Å²) in [6, 6.07) is 6.73. The van der Waals surface area contributed by atoms with Gasteiger partial charge in [0.1, 0.15) is 6.54 Å². The molecule has 0 N–H and O–H groups in total. The Hall–Kier alpha value is -2.02. The lowest BCUT2D eigenvalue weighted by atomic mass is 10.2. The van der Waals surface area contributed by atoms with Crippen molar-refractivity contribution in [2.75, 3.05) is 13.1 Å². The van der Waals surface area contributed by atoms with Crippen molar-refractivity contribution >= 4 is 17.5 Å². The summed E-state index contributed by atoms with van der Waals surface area (Å²) in [4.78, 5) is 13.2. The average molecular weight is 360 g/mol. The number of nitrogens with zero attached hydrogens (tertiary/aromatic N) is 3. The Balaban J connectivity index is 2.19. The van der Waals surface area contributed by atoms with Crippen molar-refractivity contribution in [1.29, 1.82) is 0 Å². The minimum atomic E-state index is -4.43. The van der Waals surface area contributed by atoms with E-state index in [0.717, 1.165) is 4.90 Å². The van der Waals surface area contributed by atoms with E-state index in [9.17, 15) is 18.0 Å². The highest BCUT2D eigenvalue weighted by Crippen LogP contribution is 2.19. The van der Waals surface area contributed by atoms with Crippen LogP contribution in [0, 0.1) is 0 Å². The predicted molar refractivity (Wildman–Crippen MR) is 85.4 cm³/mol. The number of hydrogen-bond donors (Lipinski definition) is 0. The maximum atomic E-state index is 12.7. The minimum Gasteiger partial charge on any atom is -0.329 e. The molecule has 24 heavy (non-hydrogen) atoms. The van der Waals surface area contributed by atoms with Crippen molar-refractivity contribution in [2.24, 2.45) is 0 Å². The Labute approximate surface area is 142 Å². The Morgan fingerprint density at radius 1 is 1.29 bits per heavy atom. The lowest BCUT2D eigenvalue weighted by Gasteiger charge is -2.23. The second kappa shape index (κ2) is 7.70. The summed E-state index contributed by atoms with van der Waals surface area (Å²) in [6.45, 7) is 0.647. The topological polar surface area (TPSA) is 38.1 Å². The summed E-state index contributed by atoms with van der Waals surface area (Å²) < 4.78 is 39.5. The van der Waals surface area contributed by atoms with Crippen molar-refractivity contribution < 1.29 is 18.0 Å². The van der Waals surface area contributed by atoms with Gasteiger partial charge in [0.2, 0.25) is 0 Å². The van der Waals surface area contributed by atoms with Crippen LogP contribution in [0.1, 0.15) is 30.1 Å². The van der Waals surface area contributed by atoms with Gasteiger partial charge >= 0.3 is 6.18 Å². The summed E-state index contributed by atoms with van der Waals surface area (Å²) in [5, 5.41) is 4.59. The van der Waals surface area contributed by atoms with E-state index in [1.165, 1.54) is 17.1 Å². The minimum absolute atomic E-state index is 0.0565. The van der Waals surface area contributed by atoms with Gasteiger partial charge < -0.3 is 4.90 Å². The number of benzene rings is 1. The van der Waals surface area contributed by atoms with Crippen LogP contribution < -0.4 is 0 Å². The SMILES string of the molecule is CCCCN(CC(F)(F)F)C(=O)c1cnn(-c2ccc(Cl)cc2)c1. The van der Waals surface area contributed by atoms with E-state index in [0.29, 0.717) is 23.6 Å². The highest BCUT2D eigenvalue weighted by Gasteiger charge is 2.33. The molecule has 0 atom stereocenters. The van der Waals surface area contributed by atoms with Crippen LogP contribution >= 0.6 is 11.6 Å². The molecule has 8 heteroatoms. The highest BCUT2D eigenvalue weighted by molar-refractivity contribution is 6.30. The molecule has 0 bridgehead atoms. The standard InChI is InChI=1S/C16H17ClF3N3O/c1-2-3-8-22(11-16(18,19)20)15(24)12-9-21-23(10-12)14-6-4-13(17)5-7-14/h4-7,9-10H,2-3,8,11H2,1H3. The number of carbonyl (C=O) groups is 1. The van der Waals surface area contributed by atoms with Crippen LogP contribution in [0.2, 0.25) is 5.02 Å². The van der Waals surface area contributed by atoms with Crippen LogP contribution in [0.4, 0.5) is 13.2 Å². The van der Waals surface area contributed by atoms with E-state index in [-0.39, 0.29) is 12.1 Å². The molecule has 0 spiro atoms. The lowest BCUT2D eigenvalue weighted by molar-refractivity contribution is -0.140. The van der Waals surface area contributed by atoms with Gasteiger partial charge in [0.15, 0.2) is 0 Å². The van der Waals surface area contributed by atoms with Gasteiger partial charge in [0, 0.05) is 17.8 Å². The van der Waals surface area contributed by atoms with Crippen molar-refractivity contribution in [2.45, 2.75) is 25.9 Å². The number of carbonyl (C=O) groups excluding carboxylic acids is 1. The largest absolute Gasteiger partial charge is 0.406 e. The first-order valence-corrected chi connectivity index (χ1v) is 7.84. The van der Waals surface area contributed by atoms with E-state index in [4.69, 9.17) is 11.6 Å². The second-order valence-electron chi connectivity index (χ2n) is 5.35. The van der Waals surface area contributed by atoms with E-state index in [1.54, 1.807) is 24.3 Å². The molecule has 2 aromatic rings. The molecule has 1 heterocycles. The van der Waals surface area contributed by atoms with Gasteiger partial charge in [-0.15, -0.1) is 0 Å². The van der Waals surface area contributed by atoms with Crippen LogP contribution in [0.3, 0.4) is 0 Å². The van der Waals surface area contributed by atoms with Crippen molar-refractivity contribution in [3.8, 4) is 5.69 Å². The van der Waals surface area contributed by atoms with Crippen LogP contribution in [0.15, 0.2) is 36.7 Å². The molecule has 4 nitrogen and oxygen atoms in total. The zero-order valence-electron chi connectivity index (χ0n) is 13.1. The molecule has 0 radical (unpaired) electrons. The third-order valence-electron chi connectivity index (χ3n) is 3.36. The molecule has 2 rings (SSSR count). The molecule has 0 fully saturated rings. The number of halogens is 4. The molecule has 0 aliphatic heterocycles. The molecular formula is C16H17ClF3N3O. The normalized spacial score (nSPS) is 11.5. The summed E-state index contributed by atoms with van der Waals surface area (Å²) in [7, 11) is 0. The number of hydrogen-bond acceptors (Lipinski definition) is 2. The van der Waals surface area contributed by atoms with Crippen LogP contribution in [-0.2, 0) is 0 Å². The maximum absolute atomic E-state index is 12.7. The monoisotopic (exact) mass is 359 g/mol. The Kier molecular flexibility index (Phi) is 5.88. The number of rotatable bonds is 6. The number of alkyl halides is 3. The Morgan fingerprint density at radius 3 is 2.54 bits per heavy atom. The van der Waals surface area contributed by atoms with E-state index < -0.39 is 18.6 Å². The fourth-order valence-electron chi connectivity index (χ4n) is 2.17. The fraction of sp³-hybridized carbons (Fsp3) is 0.375. The van der Waals surface area contributed by atoms with Crippen molar-refractivity contribution in [3.05, 3.63) is 47.2 Å². The van der Waals surface area contributed by atoms with Gasteiger partial charge in [-0.1, -0.05) is 24.9 Å². The van der Waals surface area contributed by atoms with Gasteiger partial charge in [-0.2, -0.15) is 18.3 Å². The van der Waals surface area contributed by atoms with Gasteiger partial charge in [0.25, 0.3) is 5.91 Å².